The number of allylic oxidation sites excluding steroid dienone is 1. The molecule has 86 valence electrons. The zero-order valence-corrected chi connectivity index (χ0v) is 9.38. The van der Waals surface area contributed by atoms with Crippen molar-refractivity contribution in [2.45, 2.75) is 12.7 Å². The van der Waals surface area contributed by atoms with Crippen LogP contribution >= 0.6 is 0 Å². The number of rotatable bonds is 0. The van der Waals surface area contributed by atoms with Crippen LogP contribution in [0.15, 0.2) is 40.3 Å². The maximum Gasteiger partial charge on any atom is 0.193 e. The van der Waals surface area contributed by atoms with Gasteiger partial charge in [-0.25, -0.2) is 9.98 Å². The summed E-state index contributed by atoms with van der Waals surface area (Å²) in [5.41, 5.74) is 15.0. The standard InChI is InChI=1S/C13H14N4/c14-12-10-7-3-5-8-4-1-2-6-9(8)11(10)16-13(15)17-12/h1-6,10,13H,7,15H2,(H2,14,17). The van der Waals surface area contributed by atoms with Gasteiger partial charge in [0.2, 0.25) is 0 Å². The lowest BCUT2D eigenvalue weighted by Crippen LogP contribution is -2.38. The lowest BCUT2D eigenvalue weighted by molar-refractivity contribution is 0.707. The minimum atomic E-state index is -0.563. The molecule has 0 aromatic heterocycles. The predicted octanol–water partition coefficient (Wildman–Crippen LogP) is 1.12. The molecule has 0 amide bonds. The van der Waals surface area contributed by atoms with E-state index < -0.39 is 6.29 Å². The van der Waals surface area contributed by atoms with Crippen LogP contribution in [0.3, 0.4) is 0 Å². The normalized spacial score (nSPS) is 26.4. The van der Waals surface area contributed by atoms with E-state index in [2.05, 4.69) is 34.3 Å². The summed E-state index contributed by atoms with van der Waals surface area (Å²) in [6.07, 6.45) is 4.49. The van der Waals surface area contributed by atoms with Crippen molar-refractivity contribution in [1.29, 1.82) is 0 Å². The van der Waals surface area contributed by atoms with Crippen molar-refractivity contribution in [2.24, 2.45) is 27.4 Å². The largest absolute Gasteiger partial charge is 0.387 e. The Morgan fingerprint density at radius 2 is 2.00 bits per heavy atom. The van der Waals surface area contributed by atoms with Crippen molar-refractivity contribution >= 4 is 17.6 Å². The van der Waals surface area contributed by atoms with Gasteiger partial charge in [-0.15, -0.1) is 0 Å². The maximum atomic E-state index is 5.96. The third-order valence-electron chi connectivity index (χ3n) is 3.15. The molecule has 2 unspecified atom stereocenters. The number of aliphatic imine (C=N–C) groups is 2. The van der Waals surface area contributed by atoms with Crippen molar-refractivity contribution in [2.75, 3.05) is 0 Å². The van der Waals surface area contributed by atoms with Crippen LogP contribution in [0.2, 0.25) is 0 Å². The summed E-state index contributed by atoms with van der Waals surface area (Å²) in [6, 6.07) is 8.15. The van der Waals surface area contributed by atoms with Crippen LogP contribution in [-0.2, 0) is 0 Å². The number of amidine groups is 1. The molecule has 4 nitrogen and oxygen atoms in total. The summed E-state index contributed by atoms with van der Waals surface area (Å²) in [6.45, 7) is 0. The molecule has 4 heteroatoms. The molecule has 0 radical (unpaired) electrons. The summed E-state index contributed by atoms with van der Waals surface area (Å²) in [5.74, 6) is 0.651. The van der Waals surface area contributed by atoms with Crippen molar-refractivity contribution in [3.8, 4) is 0 Å². The monoisotopic (exact) mass is 226 g/mol. The molecule has 4 N–H and O–H groups in total. The molecule has 0 fully saturated rings. The maximum absolute atomic E-state index is 5.96. The fraction of sp³-hybridized carbons (Fsp3) is 0.231. The SMILES string of the molecule is NC1=NC(N)N=C2c3ccccc3C=CCC12. The molecule has 1 aliphatic heterocycles. The third-order valence-corrected chi connectivity index (χ3v) is 3.15. The van der Waals surface area contributed by atoms with Crippen LogP contribution in [0.4, 0.5) is 0 Å². The van der Waals surface area contributed by atoms with E-state index in [0.29, 0.717) is 5.84 Å². The summed E-state index contributed by atoms with van der Waals surface area (Å²) in [4.78, 5) is 8.58. The first-order valence-electron chi connectivity index (χ1n) is 5.68. The molecule has 1 aliphatic carbocycles. The number of nitrogens with two attached hydrogens (primary N) is 2. The van der Waals surface area contributed by atoms with E-state index in [4.69, 9.17) is 11.5 Å². The smallest absolute Gasteiger partial charge is 0.193 e. The Bertz CT molecular complexity index is 542. The van der Waals surface area contributed by atoms with Gasteiger partial charge in [-0.1, -0.05) is 36.4 Å². The molecule has 2 aliphatic rings. The first kappa shape index (κ1) is 10.2. The summed E-state index contributed by atoms with van der Waals surface area (Å²) >= 11 is 0. The Kier molecular flexibility index (Phi) is 2.30. The van der Waals surface area contributed by atoms with Gasteiger partial charge in [0.25, 0.3) is 0 Å². The number of nitrogens with zero attached hydrogens (tertiary/aromatic N) is 2. The minimum absolute atomic E-state index is 0.0645. The predicted molar refractivity (Wildman–Crippen MR) is 69.7 cm³/mol. The van der Waals surface area contributed by atoms with Gasteiger partial charge < -0.3 is 5.73 Å². The van der Waals surface area contributed by atoms with E-state index >= 15 is 0 Å². The molecule has 1 aromatic rings. The second-order valence-corrected chi connectivity index (χ2v) is 4.26. The van der Waals surface area contributed by atoms with Crippen LogP contribution in [0.25, 0.3) is 6.08 Å². The van der Waals surface area contributed by atoms with Gasteiger partial charge in [0.05, 0.1) is 11.6 Å². The average Bonchev–Trinajstić information content (AvgIpc) is 2.49. The van der Waals surface area contributed by atoms with E-state index in [1.807, 2.05) is 12.1 Å². The van der Waals surface area contributed by atoms with Crippen molar-refractivity contribution in [1.82, 2.24) is 0 Å². The van der Waals surface area contributed by atoms with E-state index in [9.17, 15) is 0 Å². The molecule has 2 atom stereocenters. The lowest BCUT2D eigenvalue weighted by atomic mass is 9.92. The first-order chi connectivity index (χ1) is 8.25. The van der Waals surface area contributed by atoms with Crippen LogP contribution in [0.1, 0.15) is 17.5 Å². The minimum Gasteiger partial charge on any atom is -0.387 e. The summed E-state index contributed by atoms with van der Waals surface area (Å²) in [7, 11) is 0. The van der Waals surface area contributed by atoms with E-state index in [-0.39, 0.29) is 5.92 Å². The number of fused-ring (bicyclic) bond motifs is 3. The second-order valence-electron chi connectivity index (χ2n) is 4.26. The fourth-order valence-corrected chi connectivity index (χ4v) is 2.34. The van der Waals surface area contributed by atoms with Gasteiger partial charge in [0, 0.05) is 5.56 Å². The highest BCUT2D eigenvalue weighted by molar-refractivity contribution is 6.17. The van der Waals surface area contributed by atoms with Crippen molar-refractivity contribution in [3.63, 3.8) is 0 Å². The Balaban J connectivity index is 2.17. The Labute approximate surface area is 99.8 Å². The number of hydrogen-bond donors (Lipinski definition) is 2. The van der Waals surface area contributed by atoms with E-state index in [1.165, 1.54) is 0 Å². The van der Waals surface area contributed by atoms with Crippen molar-refractivity contribution < 1.29 is 0 Å². The van der Waals surface area contributed by atoms with Gasteiger partial charge in [0.1, 0.15) is 5.84 Å². The molecule has 1 heterocycles. The second kappa shape index (κ2) is 3.82. The van der Waals surface area contributed by atoms with Crippen LogP contribution in [0.5, 0.6) is 0 Å². The zero-order chi connectivity index (χ0) is 11.8. The Morgan fingerprint density at radius 1 is 1.18 bits per heavy atom. The van der Waals surface area contributed by atoms with Crippen molar-refractivity contribution in [3.05, 3.63) is 41.5 Å². The number of hydrogen-bond acceptors (Lipinski definition) is 4. The van der Waals surface area contributed by atoms with E-state index in [0.717, 1.165) is 23.3 Å². The van der Waals surface area contributed by atoms with Gasteiger partial charge in [-0.3, -0.25) is 5.73 Å². The molecule has 0 saturated heterocycles. The topological polar surface area (TPSA) is 76.8 Å². The van der Waals surface area contributed by atoms with E-state index in [1.54, 1.807) is 0 Å². The highest BCUT2D eigenvalue weighted by atomic mass is 15.2. The first-order valence-corrected chi connectivity index (χ1v) is 5.68. The molecule has 0 bridgehead atoms. The van der Waals surface area contributed by atoms with Crippen LogP contribution in [0, 0.1) is 5.92 Å². The zero-order valence-electron chi connectivity index (χ0n) is 9.38. The quantitative estimate of drug-likeness (QED) is 0.695. The van der Waals surface area contributed by atoms with Crippen LogP contribution in [-0.4, -0.2) is 17.8 Å². The molecule has 3 rings (SSSR count). The fourth-order valence-electron chi connectivity index (χ4n) is 2.34. The van der Waals surface area contributed by atoms with Gasteiger partial charge in [-0.05, 0) is 12.0 Å². The Hall–Kier alpha value is -1.94. The molecule has 0 saturated carbocycles. The molecular formula is C13H14N4. The Morgan fingerprint density at radius 3 is 2.88 bits per heavy atom. The highest BCUT2D eigenvalue weighted by Crippen LogP contribution is 2.26. The molecule has 17 heavy (non-hydrogen) atoms. The van der Waals surface area contributed by atoms with Gasteiger partial charge in [0.15, 0.2) is 6.29 Å². The van der Waals surface area contributed by atoms with Gasteiger partial charge >= 0.3 is 0 Å². The van der Waals surface area contributed by atoms with Gasteiger partial charge in [-0.2, -0.15) is 0 Å². The summed E-state index contributed by atoms with van der Waals surface area (Å²) < 4.78 is 0. The number of benzene rings is 1. The third kappa shape index (κ3) is 1.66. The molecule has 1 aromatic carbocycles. The molecular weight excluding hydrogens is 212 g/mol. The molecule has 0 spiro atoms. The average molecular weight is 226 g/mol. The summed E-state index contributed by atoms with van der Waals surface area (Å²) in [5, 5.41) is 0. The van der Waals surface area contributed by atoms with Crippen LogP contribution < -0.4 is 11.5 Å². The lowest BCUT2D eigenvalue weighted by Gasteiger charge is -2.23. The highest BCUT2D eigenvalue weighted by Gasteiger charge is 2.27.